The number of carboxylic acid groups (broad SMARTS) is 1. The second kappa shape index (κ2) is 6.22. The lowest BCUT2D eigenvalue weighted by Gasteiger charge is -2.32. The third kappa shape index (κ3) is 3.10. The first-order valence-electron chi connectivity index (χ1n) is 7.18. The van der Waals surface area contributed by atoms with E-state index >= 15 is 0 Å². The molecule has 20 heavy (non-hydrogen) atoms. The predicted molar refractivity (Wildman–Crippen MR) is 79.5 cm³/mol. The summed E-state index contributed by atoms with van der Waals surface area (Å²) in [6, 6.07) is 2.15. The molecule has 1 unspecified atom stereocenters. The molecule has 0 aromatic carbocycles. The summed E-state index contributed by atoms with van der Waals surface area (Å²) >= 11 is 0. The molecule has 1 fully saturated rings. The quantitative estimate of drug-likeness (QED) is 0.916. The molecule has 1 aromatic heterocycles. The molecule has 110 valence electrons. The zero-order valence-electron chi connectivity index (χ0n) is 12.5. The van der Waals surface area contributed by atoms with Gasteiger partial charge in [-0.3, -0.25) is 0 Å². The van der Waals surface area contributed by atoms with Crippen molar-refractivity contribution in [3.05, 3.63) is 23.4 Å². The average molecular weight is 277 g/mol. The first kappa shape index (κ1) is 14.8. The minimum Gasteiger partial charge on any atom is -0.478 e. The summed E-state index contributed by atoms with van der Waals surface area (Å²) in [5, 5.41) is 9.03. The molecule has 0 amide bonds. The van der Waals surface area contributed by atoms with Gasteiger partial charge < -0.3 is 14.9 Å². The molecular formula is C15H23N3O2. The van der Waals surface area contributed by atoms with Crippen LogP contribution < -0.4 is 4.90 Å². The number of aromatic nitrogens is 1. The summed E-state index contributed by atoms with van der Waals surface area (Å²) in [6.45, 7) is 7.23. The van der Waals surface area contributed by atoms with E-state index in [-0.39, 0.29) is 5.56 Å². The lowest BCUT2D eigenvalue weighted by molar-refractivity contribution is 0.0696. The zero-order valence-corrected chi connectivity index (χ0v) is 12.5. The van der Waals surface area contributed by atoms with Gasteiger partial charge in [0.1, 0.15) is 5.82 Å². The van der Waals surface area contributed by atoms with Crippen molar-refractivity contribution in [2.24, 2.45) is 0 Å². The topological polar surface area (TPSA) is 56.7 Å². The molecule has 0 radical (unpaired) electrons. The molecule has 5 heteroatoms. The van der Waals surface area contributed by atoms with Gasteiger partial charge in [-0.05, 0) is 45.0 Å². The van der Waals surface area contributed by atoms with E-state index < -0.39 is 5.97 Å². The number of likely N-dealkylation sites (N-methyl/N-ethyl adjacent to an activating group) is 1. The number of aromatic carboxylic acids is 1. The van der Waals surface area contributed by atoms with Gasteiger partial charge in [0.05, 0.1) is 5.56 Å². The molecule has 1 aromatic rings. The van der Waals surface area contributed by atoms with Gasteiger partial charge in [-0.15, -0.1) is 0 Å². The van der Waals surface area contributed by atoms with E-state index in [1.165, 1.54) is 6.20 Å². The molecule has 1 atom stereocenters. The summed E-state index contributed by atoms with van der Waals surface area (Å²) in [4.78, 5) is 20.1. The molecule has 5 nitrogen and oxygen atoms in total. The normalized spacial score (nSPS) is 20.8. The average Bonchev–Trinajstić information content (AvgIpc) is 2.60. The molecule has 2 heterocycles. The Hall–Kier alpha value is -1.62. The van der Waals surface area contributed by atoms with Crippen molar-refractivity contribution in [1.29, 1.82) is 0 Å². The smallest absolute Gasteiger partial charge is 0.337 e. The van der Waals surface area contributed by atoms with Crippen LogP contribution in [-0.4, -0.2) is 53.7 Å². The van der Waals surface area contributed by atoms with Crippen molar-refractivity contribution >= 4 is 11.8 Å². The van der Waals surface area contributed by atoms with Crippen LogP contribution in [0, 0.1) is 6.92 Å². The minimum absolute atomic E-state index is 0.256. The Labute approximate surface area is 120 Å². The van der Waals surface area contributed by atoms with Gasteiger partial charge in [-0.25, -0.2) is 9.78 Å². The van der Waals surface area contributed by atoms with Crippen molar-refractivity contribution < 1.29 is 9.90 Å². The molecule has 1 aliphatic rings. The lowest BCUT2D eigenvalue weighted by Crippen LogP contribution is -2.40. The van der Waals surface area contributed by atoms with Crippen LogP contribution in [0.15, 0.2) is 12.3 Å². The van der Waals surface area contributed by atoms with Gasteiger partial charge in [0.25, 0.3) is 0 Å². The summed E-state index contributed by atoms with van der Waals surface area (Å²) in [7, 11) is 2.15. The largest absolute Gasteiger partial charge is 0.478 e. The monoisotopic (exact) mass is 277 g/mol. The van der Waals surface area contributed by atoms with Crippen LogP contribution in [0.25, 0.3) is 0 Å². The Balaban J connectivity index is 2.30. The number of hydrogen-bond donors (Lipinski definition) is 1. The minimum atomic E-state index is -0.921. The first-order valence-corrected chi connectivity index (χ1v) is 7.18. The number of nitrogens with zero attached hydrogens (tertiary/aromatic N) is 3. The van der Waals surface area contributed by atoms with Crippen molar-refractivity contribution in [3.8, 4) is 0 Å². The molecule has 1 saturated heterocycles. The molecule has 0 saturated carbocycles. The number of hydrogen-bond acceptors (Lipinski definition) is 4. The number of rotatable bonds is 3. The van der Waals surface area contributed by atoms with Gasteiger partial charge in [0.2, 0.25) is 0 Å². The lowest BCUT2D eigenvalue weighted by atomic mass is 10.1. The van der Waals surface area contributed by atoms with E-state index in [9.17, 15) is 4.79 Å². The Bertz CT molecular complexity index is 490. The highest BCUT2D eigenvalue weighted by atomic mass is 16.4. The Morgan fingerprint density at radius 2 is 2.25 bits per heavy atom. The fraction of sp³-hybridized carbons (Fsp3) is 0.600. The number of carbonyl (C=O) groups is 1. The van der Waals surface area contributed by atoms with E-state index in [1.54, 1.807) is 6.07 Å². The van der Waals surface area contributed by atoms with Crippen molar-refractivity contribution in [2.45, 2.75) is 32.7 Å². The number of carboxylic acids is 1. The van der Waals surface area contributed by atoms with E-state index in [4.69, 9.17) is 5.11 Å². The van der Waals surface area contributed by atoms with Gasteiger partial charge in [0.15, 0.2) is 0 Å². The number of anilines is 1. The molecular weight excluding hydrogens is 254 g/mol. The second-order valence-electron chi connectivity index (χ2n) is 5.54. The van der Waals surface area contributed by atoms with Crippen LogP contribution in [0.2, 0.25) is 0 Å². The van der Waals surface area contributed by atoms with Crippen LogP contribution in [0.4, 0.5) is 5.82 Å². The van der Waals surface area contributed by atoms with Crippen molar-refractivity contribution in [3.63, 3.8) is 0 Å². The van der Waals surface area contributed by atoms with Crippen LogP contribution in [0.1, 0.15) is 35.7 Å². The highest BCUT2D eigenvalue weighted by Gasteiger charge is 2.24. The standard InChI is InChI=1S/C15H23N3O2/c1-4-13-10-17(3)6-5-7-18(13)14-11(2)8-12(9-16-14)15(19)20/h8-9,13H,4-7,10H2,1-3H3,(H,19,20). The Kier molecular flexibility index (Phi) is 4.60. The van der Waals surface area contributed by atoms with E-state index in [1.807, 2.05) is 6.92 Å². The fourth-order valence-electron chi connectivity index (χ4n) is 2.86. The highest BCUT2D eigenvalue weighted by molar-refractivity contribution is 5.87. The van der Waals surface area contributed by atoms with E-state index in [0.717, 1.165) is 43.9 Å². The molecule has 2 rings (SSSR count). The number of pyridine rings is 1. The molecule has 1 aliphatic heterocycles. The van der Waals surface area contributed by atoms with E-state index in [0.29, 0.717) is 6.04 Å². The maximum atomic E-state index is 11.0. The first-order chi connectivity index (χ1) is 9.52. The summed E-state index contributed by atoms with van der Waals surface area (Å²) in [5.74, 6) is 0.00643. The SMILES string of the molecule is CCC1CN(C)CCCN1c1ncc(C(=O)O)cc1C. The fourth-order valence-corrected chi connectivity index (χ4v) is 2.86. The van der Waals surface area contributed by atoms with E-state index in [2.05, 4.69) is 28.8 Å². The Morgan fingerprint density at radius 1 is 1.50 bits per heavy atom. The van der Waals surface area contributed by atoms with Crippen LogP contribution in [-0.2, 0) is 0 Å². The number of aryl methyl sites for hydroxylation is 1. The van der Waals surface area contributed by atoms with Gasteiger partial charge in [0, 0.05) is 25.3 Å². The Morgan fingerprint density at radius 3 is 2.85 bits per heavy atom. The van der Waals surface area contributed by atoms with Gasteiger partial charge in [-0.2, -0.15) is 0 Å². The van der Waals surface area contributed by atoms with Crippen LogP contribution >= 0.6 is 0 Å². The molecule has 0 bridgehead atoms. The van der Waals surface area contributed by atoms with Gasteiger partial charge >= 0.3 is 5.97 Å². The van der Waals surface area contributed by atoms with Crippen molar-refractivity contribution in [2.75, 3.05) is 31.6 Å². The third-order valence-corrected chi connectivity index (χ3v) is 3.94. The predicted octanol–water partition coefficient (Wildman–Crippen LogP) is 2.01. The summed E-state index contributed by atoms with van der Waals surface area (Å²) < 4.78 is 0. The van der Waals surface area contributed by atoms with Crippen molar-refractivity contribution in [1.82, 2.24) is 9.88 Å². The molecule has 0 spiro atoms. The molecule has 1 N–H and O–H groups in total. The van der Waals surface area contributed by atoms with Crippen LogP contribution in [0.5, 0.6) is 0 Å². The summed E-state index contributed by atoms with van der Waals surface area (Å²) in [5.41, 5.74) is 1.19. The maximum Gasteiger partial charge on any atom is 0.337 e. The zero-order chi connectivity index (χ0) is 14.7. The molecule has 0 aliphatic carbocycles. The maximum absolute atomic E-state index is 11.0. The van der Waals surface area contributed by atoms with Gasteiger partial charge in [-0.1, -0.05) is 6.92 Å². The van der Waals surface area contributed by atoms with Crippen LogP contribution in [0.3, 0.4) is 0 Å². The summed E-state index contributed by atoms with van der Waals surface area (Å²) in [6.07, 6.45) is 3.63. The third-order valence-electron chi connectivity index (χ3n) is 3.94. The highest BCUT2D eigenvalue weighted by Crippen LogP contribution is 2.24. The second-order valence-corrected chi connectivity index (χ2v) is 5.54.